The first kappa shape index (κ1) is 13.8. The van der Waals surface area contributed by atoms with Crippen LogP contribution in [0.4, 0.5) is 0 Å². The topological polar surface area (TPSA) is 81.8 Å². The van der Waals surface area contributed by atoms with Crippen LogP contribution in [0.5, 0.6) is 5.75 Å². The van der Waals surface area contributed by atoms with Crippen molar-refractivity contribution in [2.24, 2.45) is 5.73 Å². The van der Waals surface area contributed by atoms with Crippen LogP contribution in [0, 0.1) is 0 Å². The van der Waals surface area contributed by atoms with Gasteiger partial charge in [0.05, 0.1) is 19.3 Å². The van der Waals surface area contributed by atoms with Crippen molar-refractivity contribution < 1.29 is 19.4 Å². The summed E-state index contributed by atoms with van der Waals surface area (Å²) in [5, 5.41) is 8.51. The molecule has 5 heteroatoms. The molecule has 2 rings (SSSR count). The number of carbonyl (C=O) groups is 1. The molecule has 1 atom stereocenters. The molecule has 0 bridgehead atoms. The molecule has 1 heterocycles. The molecule has 1 aromatic carbocycles. The fourth-order valence-corrected chi connectivity index (χ4v) is 2.14. The van der Waals surface area contributed by atoms with E-state index in [0.717, 1.165) is 16.9 Å². The monoisotopic (exact) mass is 265 g/mol. The van der Waals surface area contributed by atoms with E-state index in [9.17, 15) is 4.79 Å². The molecule has 104 valence electrons. The van der Waals surface area contributed by atoms with Gasteiger partial charge in [-0.05, 0) is 17.7 Å². The molecule has 0 radical (unpaired) electrons. The van der Waals surface area contributed by atoms with E-state index in [1.807, 2.05) is 18.2 Å². The van der Waals surface area contributed by atoms with Crippen LogP contribution in [0.1, 0.15) is 31.0 Å². The van der Waals surface area contributed by atoms with Crippen molar-refractivity contribution in [3.63, 3.8) is 0 Å². The number of benzene rings is 1. The number of carboxylic acid groups (broad SMARTS) is 1. The number of aliphatic carboxylic acids is 1. The fraction of sp³-hybridized carbons (Fsp3) is 0.500. The highest BCUT2D eigenvalue weighted by molar-refractivity contribution is 5.68. The lowest BCUT2D eigenvalue weighted by Gasteiger charge is -2.18. The smallest absolute Gasteiger partial charge is 0.329 e. The van der Waals surface area contributed by atoms with Crippen LogP contribution >= 0.6 is 0 Å². The Labute approximate surface area is 112 Å². The first-order valence-electron chi connectivity index (χ1n) is 6.22. The number of hydrogen-bond acceptors (Lipinski definition) is 4. The van der Waals surface area contributed by atoms with Crippen molar-refractivity contribution >= 4 is 5.97 Å². The van der Waals surface area contributed by atoms with Crippen LogP contribution < -0.4 is 10.5 Å². The highest BCUT2D eigenvalue weighted by Crippen LogP contribution is 2.39. The van der Waals surface area contributed by atoms with Crippen LogP contribution in [0.3, 0.4) is 0 Å². The van der Waals surface area contributed by atoms with Crippen LogP contribution in [0.2, 0.25) is 0 Å². The summed E-state index contributed by atoms with van der Waals surface area (Å²) in [7, 11) is 0. The van der Waals surface area contributed by atoms with Crippen LogP contribution in [-0.4, -0.2) is 30.9 Å². The van der Waals surface area contributed by atoms with Crippen LogP contribution in [0.25, 0.3) is 0 Å². The molecule has 3 N–H and O–H groups in total. The molecule has 5 nitrogen and oxygen atoms in total. The molecular formula is C14H19NO4. The normalized spacial score (nSPS) is 17.6. The van der Waals surface area contributed by atoms with E-state index in [4.69, 9.17) is 20.3 Å². The van der Waals surface area contributed by atoms with Gasteiger partial charge in [0.15, 0.2) is 0 Å². The highest BCUT2D eigenvalue weighted by atomic mass is 16.5. The first-order chi connectivity index (χ1) is 8.90. The first-order valence-corrected chi connectivity index (χ1v) is 6.22. The third kappa shape index (κ3) is 3.05. The maximum absolute atomic E-state index is 10.4. The summed E-state index contributed by atoms with van der Waals surface area (Å²) in [6.45, 7) is 4.76. The van der Waals surface area contributed by atoms with Crippen molar-refractivity contribution in [3.8, 4) is 5.75 Å². The van der Waals surface area contributed by atoms with E-state index >= 15 is 0 Å². The Balaban J connectivity index is 2.07. The zero-order valence-corrected chi connectivity index (χ0v) is 11.2. The molecule has 0 aromatic heterocycles. The minimum Gasteiger partial charge on any atom is -0.492 e. The van der Waals surface area contributed by atoms with Gasteiger partial charge in [0, 0.05) is 11.0 Å². The van der Waals surface area contributed by atoms with E-state index in [1.165, 1.54) is 0 Å². The van der Waals surface area contributed by atoms with Gasteiger partial charge in [0.2, 0.25) is 0 Å². The lowest BCUT2D eigenvalue weighted by Crippen LogP contribution is -2.21. The Morgan fingerprint density at radius 2 is 2.32 bits per heavy atom. The molecule has 0 amide bonds. The van der Waals surface area contributed by atoms with Gasteiger partial charge in [-0.3, -0.25) is 0 Å². The Bertz CT molecular complexity index is 484. The number of nitrogens with two attached hydrogens (primary N) is 1. The Hall–Kier alpha value is -1.59. The maximum atomic E-state index is 10.4. The number of carboxylic acids is 1. The molecule has 1 aromatic rings. The second kappa shape index (κ2) is 5.19. The summed E-state index contributed by atoms with van der Waals surface area (Å²) >= 11 is 0. The van der Waals surface area contributed by atoms with E-state index in [1.54, 1.807) is 0 Å². The molecule has 0 fully saturated rings. The zero-order valence-electron chi connectivity index (χ0n) is 11.2. The zero-order chi connectivity index (χ0) is 14.0. The Morgan fingerprint density at radius 3 is 3.00 bits per heavy atom. The van der Waals surface area contributed by atoms with Crippen LogP contribution in [-0.2, 0) is 14.9 Å². The molecule has 0 saturated heterocycles. The predicted octanol–water partition coefficient (Wildman–Crippen LogP) is 1.46. The molecule has 1 aliphatic heterocycles. The van der Waals surface area contributed by atoms with Crippen LogP contribution in [0.15, 0.2) is 18.2 Å². The van der Waals surface area contributed by atoms with Crippen molar-refractivity contribution in [3.05, 3.63) is 29.3 Å². The SMILES string of the molecule is CC1(C)COc2ccc(C(N)COCC(=O)O)cc21. The van der Waals surface area contributed by atoms with Gasteiger partial charge in [0.25, 0.3) is 0 Å². The standard InChI is InChI=1S/C14H19NO4/c1-14(2)8-19-12-4-3-9(5-10(12)14)11(15)6-18-7-13(16)17/h3-5,11H,6-8,15H2,1-2H3,(H,16,17). The third-order valence-corrected chi connectivity index (χ3v) is 3.27. The summed E-state index contributed by atoms with van der Waals surface area (Å²) < 4.78 is 10.6. The lowest BCUT2D eigenvalue weighted by atomic mass is 9.85. The van der Waals surface area contributed by atoms with Gasteiger partial charge in [-0.25, -0.2) is 4.79 Å². The summed E-state index contributed by atoms with van der Waals surface area (Å²) in [5.41, 5.74) is 8.06. The Kier molecular flexibility index (Phi) is 3.78. The predicted molar refractivity (Wildman–Crippen MR) is 70.3 cm³/mol. The summed E-state index contributed by atoms with van der Waals surface area (Å²) in [5.74, 6) is -0.0944. The van der Waals surface area contributed by atoms with Gasteiger partial charge in [-0.2, -0.15) is 0 Å². The number of ether oxygens (including phenoxy) is 2. The number of hydrogen-bond donors (Lipinski definition) is 2. The summed E-state index contributed by atoms with van der Waals surface area (Å²) in [4.78, 5) is 10.4. The van der Waals surface area contributed by atoms with Gasteiger partial charge in [-0.1, -0.05) is 19.9 Å². The average Bonchev–Trinajstić information content (AvgIpc) is 2.64. The molecule has 1 unspecified atom stereocenters. The van der Waals surface area contributed by atoms with Gasteiger partial charge in [-0.15, -0.1) is 0 Å². The second-order valence-corrected chi connectivity index (χ2v) is 5.44. The summed E-state index contributed by atoms with van der Waals surface area (Å²) in [6, 6.07) is 5.50. The van der Waals surface area contributed by atoms with Gasteiger partial charge >= 0.3 is 5.97 Å². The number of fused-ring (bicyclic) bond motifs is 1. The Morgan fingerprint density at radius 1 is 1.58 bits per heavy atom. The molecule has 19 heavy (non-hydrogen) atoms. The summed E-state index contributed by atoms with van der Waals surface area (Å²) in [6.07, 6.45) is 0. The maximum Gasteiger partial charge on any atom is 0.329 e. The number of rotatable bonds is 5. The molecule has 0 saturated carbocycles. The lowest BCUT2D eigenvalue weighted by molar-refractivity contribution is -0.142. The quantitative estimate of drug-likeness (QED) is 0.842. The van der Waals surface area contributed by atoms with Gasteiger partial charge in [0.1, 0.15) is 12.4 Å². The van der Waals surface area contributed by atoms with E-state index in [0.29, 0.717) is 6.61 Å². The van der Waals surface area contributed by atoms with E-state index < -0.39 is 5.97 Å². The van der Waals surface area contributed by atoms with E-state index in [2.05, 4.69) is 13.8 Å². The van der Waals surface area contributed by atoms with Crippen molar-refractivity contribution in [2.75, 3.05) is 19.8 Å². The molecule has 1 aliphatic rings. The minimum atomic E-state index is -0.990. The van der Waals surface area contributed by atoms with Crippen molar-refractivity contribution in [2.45, 2.75) is 25.3 Å². The second-order valence-electron chi connectivity index (χ2n) is 5.44. The largest absolute Gasteiger partial charge is 0.492 e. The fourth-order valence-electron chi connectivity index (χ4n) is 2.14. The molecular weight excluding hydrogens is 246 g/mol. The minimum absolute atomic E-state index is 0.0208. The van der Waals surface area contributed by atoms with Gasteiger partial charge < -0.3 is 20.3 Å². The average molecular weight is 265 g/mol. The third-order valence-electron chi connectivity index (χ3n) is 3.27. The van der Waals surface area contributed by atoms with E-state index in [-0.39, 0.29) is 24.7 Å². The highest BCUT2D eigenvalue weighted by Gasteiger charge is 2.32. The molecule has 0 aliphatic carbocycles. The van der Waals surface area contributed by atoms with Crippen molar-refractivity contribution in [1.82, 2.24) is 0 Å². The van der Waals surface area contributed by atoms with Crippen molar-refractivity contribution in [1.29, 1.82) is 0 Å². The molecule has 0 spiro atoms.